The number of fused-ring (bicyclic) bond motifs is 1. The summed E-state index contributed by atoms with van der Waals surface area (Å²) in [6, 6.07) is 16.9. The number of carbonyl (C=O) groups is 1. The third-order valence-electron chi connectivity index (χ3n) is 4.09. The van der Waals surface area contributed by atoms with Gasteiger partial charge in [-0.25, -0.2) is 14.2 Å². The van der Waals surface area contributed by atoms with Gasteiger partial charge in [0.25, 0.3) is 0 Å². The molecule has 2 N–H and O–H groups in total. The van der Waals surface area contributed by atoms with E-state index in [1.54, 1.807) is 42.6 Å². The van der Waals surface area contributed by atoms with E-state index in [0.717, 1.165) is 33.4 Å². The third kappa shape index (κ3) is 2.87. The summed E-state index contributed by atoms with van der Waals surface area (Å²) >= 11 is 0. The van der Waals surface area contributed by atoms with Gasteiger partial charge in [0.05, 0.1) is 5.56 Å². The summed E-state index contributed by atoms with van der Waals surface area (Å²) in [7, 11) is 0. The van der Waals surface area contributed by atoms with Crippen LogP contribution in [0, 0.1) is 5.82 Å². The molecular formula is C20H13FN2O2. The minimum absolute atomic E-state index is 0.248. The van der Waals surface area contributed by atoms with Crippen LogP contribution >= 0.6 is 0 Å². The summed E-state index contributed by atoms with van der Waals surface area (Å²) in [5.74, 6) is -1.22. The predicted molar refractivity (Wildman–Crippen MR) is 93.9 cm³/mol. The van der Waals surface area contributed by atoms with Crippen LogP contribution < -0.4 is 0 Å². The molecule has 4 rings (SSSR count). The lowest BCUT2D eigenvalue weighted by atomic mass is 10.0. The molecule has 25 heavy (non-hydrogen) atoms. The highest BCUT2D eigenvalue weighted by molar-refractivity contribution is 5.89. The van der Waals surface area contributed by atoms with Crippen molar-refractivity contribution in [2.75, 3.05) is 0 Å². The Hall–Kier alpha value is -3.47. The molecule has 0 radical (unpaired) electrons. The highest BCUT2D eigenvalue weighted by Gasteiger charge is 2.08. The number of hydrogen-bond acceptors (Lipinski definition) is 2. The highest BCUT2D eigenvalue weighted by Crippen LogP contribution is 2.27. The molecule has 0 aliphatic heterocycles. The Morgan fingerprint density at radius 1 is 0.920 bits per heavy atom. The first-order valence-corrected chi connectivity index (χ1v) is 7.68. The Balaban J connectivity index is 1.72. The summed E-state index contributed by atoms with van der Waals surface area (Å²) in [6.07, 6.45) is 1.74. The summed E-state index contributed by atoms with van der Waals surface area (Å²) < 4.78 is 13.1. The lowest BCUT2D eigenvalue weighted by molar-refractivity contribution is 0.0697. The topological polar surface area (TPSA) is 66.0 Å². The van der Waals surface area contributed by atoms with Gasteiger partial charge in [-0.2, -0.15) is 0 Å². The highest BCUT2D eigenvalue weighted by atomic mass is 19.1. The van der Waals surface area contributed by atoms with Crippen molar-refractivity contribution < 1.29 is 14.3 Å². The van der Waals surface area contributed by atoms with Crippen molar-refractivity contribution in [2.24, 2.45) is 0 Å². The van der Waals surface area contributed by atoms with Crippen molar-refractivity contribution in [1.29, 1.82) is 0 Å². The molecule has 0 saturated heterocycles. The molecule has 0 amide bonds. The molecule has 0 aliphatic carbocycles. The van der Waals surface area contributed by atoms with Gasteiger partial charge in [-0.1, -0.05) is 12.1 Å². The van der Waals surface area contributed by atoms with Gasteiger partial charge in [-0.3, -0.25) is 0 Å². The van der Waals surface area contributed by atoms with Crippen LogP contribution in [-0.2, 0) is 0 Å². The normalized spacial score (nSPS) is 10.9. The SMILES string of the molecule is O=C(O)c1ccc(-c2cnc3[nH]c(-c4ccc(F)cc4)cc3c2)cc1. The Bertz CT molecular complexity index is 1070. The van der Waals surface area contributed by atoms with E-state index in [4.69, 9.17) is 5.11 Å². The molecule has 4 aromatic rings. The van der Waals surface area contributed by atoms with Gasteiger partial charge in [-0.15, -0.1) is 0 Å². The van der Waals surface area contributed by atoms with Crippen molar-refractivity contribution >= 4 is 17.0 Å². The summed E-state index contributed by atoms with van der Waals surface area (Å²) in [6.45, 7) is 0. The Morgan fingerprint density at radius 3 is 2.28 bits per heavy atom. The van der Waals surface area contributed by atoms with Crippen LogP contribution in [0.4, 0.5) is 4.39 Å². The Labute approximate surface area is 142 Å². The number of carboxylic acids is 1. The number of aromatic amines is 1. The smallest absolute Gasteiger partial charge is 0.335 e. The standard InChI is InChI=1S/C20H13FN2O2/c21-17-7-5-13(6-8-17)18-10-15-9-16(11-22-19(15)23-18)12-1-3-14(4-2-12)20(24)25/h1-11H,(H,22,23)(H,24,25). The predicted octanol–water partition coefficient (Wildman–Crippen LogP) is 4.73. The molecule has 2 aromatic carbocycles. The maximum absolute atomic E-state index is 13.1. The molecule has 0 bridgehead atoms. The number of carboxylic acid groups (broad SMARTS) is 1. The largest absolute Gasteiger partial charge is 0.478 e. The van der Waals surface area contributed by atoms with E-state index in [0.29, 0.717) is 0 Å². The van der Waals surface area contributed by atoms with Crippen LogP contribution in [-0.4, -0.2) is 21.0 Å². The molecule has 0 fully saturated rings. The zero-order valence-corrected chi connectivity index (χ0v) is 13.0. The fraction of sp³-hybridized carbons (Fsp3) is 0. The van der Waals surface area contributed by atoms with Gasteiger partial charge in [0, 0.05) is 22.8 Å². The minimum Gasteiger partial charge on any atom is -0.478 e. The van der Waals surface area contributed by atoms with E-state index < -0.39 is 5.97 Å². The quantitative estimate of drug-likeness (QED) is 0.570. The van der Waals surface area contributed by atoms with E-state index in [-0.39, 0.29) is 11.4 Å². The fourth-order valence-corrected chi connectivity index (χ4v) is 2.76. The number of halogens is 1. The van der Waals surface area contributed by atoms with Crippen molar-refractivity contribution in [3.8, 4) is 22.4 Å². The molecule has 0 atom stereocenters. The number of benzene rings is 2. The van der Waals surface area contributed by atoms with Crippen LogP contribution in [0.5, 0.6) is 0 Å². The van der Waals surface area contributed by atoms with Gasteiger partial charge < -0.3 is 10.1 Å². The van der Waals surface area contributed by atoms with Crippen LogP contribution in [0.25, 0.3) is 33.4 Å². The van der Waals surface area contributed by atoms with Gasteiger partial charge in [0.2, 0.25) is 0 Å². The minimum atomic E-state index is -0.949. The van der Waals surface area contributed by atoms with E-state index in [9.17, 15) is 9.18 Å². The second kappa shape index (κ2) is 5.87. The first-order valence-electron chi connectivity index (χ1n) is 7.68. The molecule has 2 heterocycles. The number of aromatic carboxylic acids is 1. The zero-order valence-electron chi connectivity index (χ0n) is 13.0. The van der Waals surface area contributed by atoms with Crippen molar-refractivity contribution in [3.05, 3.63) is 78.2 Å². The van der Waals surface area contributed by atoms with Crippen molar-refractivity contribution in [2.45, 2.75) is 0 Å². The first-order chi connectivity index (χ1) is 12.1. The van der Waals surface area contributed by atoms with Gasteiger partial charge in [0.15, 0.2) is 0 Å². The number of nitrogens with zero attached hydrogens (tertiary/aromatic N) is 1. The Kier molecular flexibility index (Phi) is 3.54. The van der Waals surface area contributed by atoms with Gasteiger partial charge in [0.1, 0.15) is 11.5 Å². The van der Waals surface area contributed by atoms with Crippen LogP contribution in [0.1, 0.15) is 10.4 Å². The molecule has 4 nitrogen and oxygen atoms in total. The van der Waals surface area contributed by atoms with Crippen molar-refractivity contribution in [3.63, 3.8) is 0 Å². The monoisotopic (exact) mass is 332 g/mol. The number of rotatable bonds is 3. The lowest BCUT2D eigenvalue weighted by Gasteiger charge is -2.02. The molecule has 0 unspecified atom stereocenters. The average Bonchev–Trinajstić information content (AvgIpc) is 3.05. The maximum atomic E-state index is 13.1. The molecular weight excluding hydrogens is 319 g/mol. The van der Waals surface area contributed by atoms with Gasteiger partial charge in [-0.05, 0) is 59.7 Å². The van der Waals surface area contributed by atoms with Crippen LogP contribution in [0.3, 0.4) is 0 Å². The lowest BCUT2D eigenvalue weighted by Crippen LogP contribution is -1.95. The fourth-order valence-electron chi connectivity index (χ4n) is 2.76. The summed E-state index contributed by atoms with van der Waals surface area (Å²) in [5.41, 5.74) is 4.52. The third-order valence-corrected chi connectivity index (χ3v) is 4.09. The van der Waals surface area contributed by atoms with E-state index in [1.165, 1.54) is 12.1 Å². The number of H-pyrrole nitrogens is 1. The molecule has 0 spiro atoms. The number of nitrogens with one attached hydrogen (secondary N) is 1. The van der Waals surface area contributed by atoms with E-state index >= 15 is 0 Å². The van der Waals surface area contributed by atoms with Crippen LogP contribution in [0.15, 0.2) is 66.9 Å². The van der Waals surface area contributed by atoms with E-state index in [1.807, 2.05) is 12.1 Å². The van der Waals surface area contributed by atoms with Gasteiger partial charge >= 0.3 is 5.97 Å². The number of hydrogen-bond donors (Lipinski definition) is 2. The average molecular weight is 332 g/mol. The molecule has 5 heteroatoms. The molecule has 0 saturated carbocycles. The van der Waals surface area contributed by atoms with Crippen LogP contribution in [0.2, 0.25) is 0 Å². The summed E-state index contributed by atoms with van der Waals surface area (Å²) in [5, 5.41) is 9.91. The second-order valence-corrected chi connectivity index (χ2v) is 5.73. The molecule has 0 aliphatic rings. The molecule has 122 valence electrons. The Morgan fingerprint density at radius 2 is 1.60 bits per heavy atom. The second-order valence-electron chi connectivity index (χ2n) is 5.73. The molecule has 2 aromatic heterocycles. The number of pyridine rings is 1. The maximum Gasteiger partial charge on any atom is 0.335 e. The zero-order chi connectivity index (χ0) is 17.4. The number of aromatic nitrogens is 2. The summed E-state index contributed by atoms with van der Waals surface area (Å²) in [4.78, 5) is 18.6. The van der Waals surface area contributed by atoms with E-state index in [2.05, 4.69) is 9.97 Å². The first kappa shape index (κ1) is 15.1. The van der Waals surface area contributed by atoms with Crippen molar-refractivity contribution in [1.82, 2.24) is 9.97 Å².